The van der Waals surface area contributed by atoms with Gasteiger partial charge in [0.1, 0.15) is 11.6 Å². The van der Waals surface area contributed by atoms with E-state index >= 15 is 0 Å². The quantitative estimate of drug-likeness (QED) is 0.448. The molecule has 1 amide bonds. The molecule has 4 rings (SSSR count). The summed E-state index contributed by atoms with van der Waals surface area (Å²) in [6.07, 6.45) is 4.02. The van der Waals surface area contributed by atoms with E-state index in [2.05, 4.69) is 44.3 Å². The smallest absolute Gasteiger partial charge is 0.323 e. The van der Waals surface area contributed by atoms with E-state index in [0.717, 1.165) is 20.5 Å². The van der Waals surface area contributed by atoms with Crippen molar-refractivity contribution in [2.24, 2.45) is 0 Å². The number of hydrogen-bond donors (Lipinski definition) is 1. The molecule has 4 aromatic rings. The van der Waals surface area contributed by atoms with E-state index in [-0.39, 0.29) is 18.1 Å². The van der Waals surface area contributed by atoms with Crippen LogP contribution in [0.2, 0.25) is 0 Å². The number of nitrogens with zero attached hydrogens (tertiary/aromatic N) is 4. The van der Waals surface area contributed by atoms with E-state index in [9.17, 15) is 9.59 Å². The number of para-hydroxylation sites is 1. The number of aromatic nitrogens is 4. The van der Waals surface area contributed by atoms with Crippen LogP contribution < -0.4 is 11.0 Å². The largest absolute Gasteiger partial charge is 0.350 e. The van der Waals surface area contributed by atoms with Gasteiger partial charge in [-0.2, -0.15) is 0 Å². The molecule has 0 saturated heterocycles. The molecular weight excluding hydrogens is 466 g/mol. The Hall–Kier alpha value is -2.91. The van der Waals surface area contributed by atoms with Gasteiger partial charge in [0.15, 0.2) is 5.65 Å². The Bertz CT molecular complexity index is 1280. The summed E-state index contributed by atoms with van der Waals surface area (Å²) in [4.78, 5) is 30.7. The van der Waals surface area contributed by atoms with Gasteiger partial charge >= 0.3 is 5.69 Å². The number of aryl methyl sites for hydroxylation is 1. The minimum absolute atomic E-state index is 0.197. The van der Waals surface area contributed by atoms with E-state index in [1.807, 2.05) is 36.4 Å². The fourth-order valence-electron chi connectivity index (χ4n) is 2.99. The van der Waals surface area contributed by atoms with Crippen LogP contribution in [0.25, 0.3) is 5.65 Å². The number of hydrogen-bond acceptors (Lipinski definition) is 5. The van der Waals surface area contributed by atoms with Crippen LogP contribution in [-0.4, -0.2) is 25.1 Å². The Morgan fingerprint density at radius 2 is 1.93 bits per heavy atom. The third-order valence-corrected chi connectivity index (χ3v) is 6.26. The molecule has 2 aromatic heterocycles. The van der Waals surface area contributed by atoms with Crippen molar-refractivity contribution in [3.63, 3.8) is 0 Å². The van der Waals surface area contributed by atoms with E-state index in [0.29, 0.717) is 16.4 Å². The molecule has 0 saturated carbocycles. The summed E-state index contributed by atoms with van der Waals surface area (Å²) < 4.78 is 3.33. The monoisotopic (exact) mass is 483 g/mol. The van der Waals surface area contributed by atoms with E-state index in [1.165, 1.54) is 21.7 Å². The zero-order valence-electron chi connectivity index (χ0n) is 16.1. The van der Waals surface area contributed by atoms with Crippen molar-refractivity contribution in [2.45, 2.75) is 29.8 Å². The molecular formula is C21H18BrN5O2S. The standard InChI is InChI=1S/C21H18BrN5O2S/c1-2-14-7-3-6-10-17(14)30-20-19-25-27(21(29)26(19)12-11-23-20)13-18(28)24-16-9-5-4-8-15(16)22/h3-12H,2,13H2,1H3,(H,24,28). The highest BCUT2D eigenvalue weighted by Gasteiger charge is 2.16. The second-order valence-electron chi connectivity index (χ2n) is 6.46. The molecule has 0 bridgehead atoms. The first-order valence-corrected chi connectivity index (χ1v) is 10.9. The lowest BCUT2D eigenvalue weighted by molar-refractivity contribution is -0.117. The van der Waals surface area contributed by atoms with Gasteiger partial charge in [0.2, 0.25) is 5.91 Å². The van der Waals surface area contributed by atoms with Crippen molar-refractivity contribution in [1.82, 2.24) is 19.2 Å². The molecule has 0 spiro atoms. The average Bonchev–Trinajstić information content (AvgIpc) is 3.06. The predicted molar refractivity (Wildman–Crippen MR) is 120 cm³/mol. The Morgan fingerprint density at radius 3 is 2.73 bits per heavy atom. The van der Waals surface area contributed by atoms with Crippen LogP contribution in [0.1, 0.15) is 12.5 Å². The maximum absolute atomic E-state index is 12.7. The van der Waals surface area contributed by atoms with Crippen LogP contribution in [-0.2, 0) is 17.8 Å². The molecule has 0 aliphatic heterocycles. The summed E-state index contributed by atoms with van der Waals surface area (Å²) in [6.45, 7) is 1.90. The lowest BCUT2D eigenvalue weighted by atomic mass is 10.2. The van der Waals surface area contributed by atoms with Crippen LogP contribution >= 0.6 is 27.7 Å². The van der Waals surface area contributed by atoms with Crippen LogP contribution in [0.4, 0.5) is 5.69 Å². The van der Waals surface area contributed by atoms with Crippen molar-refractivity contribution >= 4 is 44.9 Å². The van der Waals surface area contributed by atoms with Gasteiger partial charge in [0, 0.05) is 21.8 Å². The van der Waals surface area contributed by atoms with Crippen LogP contribution in [0.15, 0.2) is 80.1 Å². The Labute approximate surface area is 185 Å². The van der Waals surface area contributed by atoms with E-state index in [1.54, 1.807) is 18.5 Å². The SMILES string of the molecule is CCc1ccccc1Sc1nccn2c(=O)n(CC(=O)Nc3ccccc3Br)nc12. The summed E-state index contributed by atoms with van der Waals surface area (Å²) in [6, 6.07) is 15.3. The number of rotatable bonds is 6. The molecule has 9 heteroatoms. The lowest BCUT2D eigenvalue weighted by Gasteiger charge is -2.06. The fraction of sp³-hybridized carbons (Fsp3) is 0.143. The Kier molecular flexibility index (Phi) is 6.01. The molecule has 30 heavy (non-hydrogen) atoms. The van der Waals surface area contributed by atoms with Crippen LogP contribution in [0.5, 0.6) is 0 Å². The first-order chi connectivity index (χ1) is 14.6. The third-order valence-electron chi connectivity index (χ3n) is 4.47. The third kappa shape index (κ3) is 4.17. The van der Waals surface area contributed by atoms with Gasteiger partial charge in [-0.15, -0.1) is 5.10 Å². The molecule has 1 N–H and O–H groups in total. The number of benzene rings is 2. The normalized spacial score (nSPS) is 11.0. The summed E-state index contributed by atoms with van der Waals surface area (Å²) in [7, 11) is 0. The molecule has 0 aliphatic rings. The highest BCUT2D eigenvalue weighted by Crippen LogP contribution is 2.31. The Balaban J connectivity index is 1.62. The minimum atomic E-state index is -0.389. The van der Waals surface area contributed by atoms with Gasteiger partial charge in [0.05, 0.1) is 5.69 Å². The number of amides is 1. The summed E-state index contributed by atoms with van der Waals surface area (Å²) in [5, 5.41) is 7.77. The maximum Gasteiger partial charge on any atom is 0.350 e. The summed E-state index contributed by atoms with van der Waals surface area (Å²) in [5.41, 5.74) is 1.86. The second kappa shape index (κ2) is 8.85. The first-order valence-electron chi connectivity index (χ1n) is 9.31. The van der Waals surface area contributed by atoms with E-state index < -0.39 is 0 Å². The zero-order chi connectivity index (χ0) is 21.1. The van der Waals surface area contributed by atoms with Crippen molar-refractivity contribution in [1.29, 1.82) is 0 Å². The van der Waals surface area contributed by atoms with Crippen molar-refractivity contribution < 1.29 is 4.79 Å². The highest BCUT2D eigenvalue weighted by atomic mass is 79.9. The second-order valence-corrected chi connectivity index (χ2v) is 8.34. The maximum atomic E-state index is 12.7. The molecule has 0 unspecified atom stereocenters. The molecule has 2 heterocycles. The van der Waals surface area contributed by atoms with Gasteiger partial charge in [0.25, 0.3) is 0 Å². The topological polar surface area (TPSA) is 81.3 Å². The van der Waals surface area contributed by atoms with Gasteiger partial charge in [-0.1, -0.05) is 49.0 Å². The first kappa shape index (κ1) is 20.4. The minimum Gasteiger partial charge on any atom is -0.323 e. The van der Waals surface area contributed by atoms with E-state index in [4.69, 9.17) is 0 Å². The van der Waals surface area contributed by atoms with Crippen molar-refractivity contribution in [3.8, 4) is 0 Å². The molecule has 152 valence electrons. The average molecular weight is 484 g/mol. The Morgan fingerprint density at radius 1 is 1.17 bits per heavy atom. The van der Waals surface area contributed by atoms with Gasteiger partial charge in [-0.3, -0.25) is 4.79 Å². The number of fused-ring (bicyclic) bond motifs is 1. The molecule has 2 aromatic carbocycles. The number of carbonyl (C=O) groups excluding carboxylic acids is 1. The number of nitrogens with one attached hydrogen (secondary N) is 1. The molecule has 0 aliphatic carbocycles. The van der Waals surface area contributed by atoms with Gasteiger partial charge in [-0.05, 0) is 46.1 Å². The van der Waals surface area contributed by atoms with Gasteiger partial charge in [-0.25, -0.2) is 18.9 Å². The number of carbonyl (C=O) groups is 1. The molecule has 7 nitrogen and oxygen atoms in total. The molecule has 0 fully saturated rings. The predicted octanol–water partition coefficient (Wildman–Crippen LogP) is 4.01. The summed E-state index contributed by atoms with van der Waals surface area (Å²) in [5.74, 6) is -0.342. The fourth-order valence-corrected chi connectivity index (χ4v) is 4.42. The molecule has 0 radical (unpaired) electrons. The van der Waals surface area contributed by atoms with Gasteiger partial charge < -0.3 is 5.32 Å². The van der Waals surface area contributed by atoms with Crippen LogP contribution in [0.3, 0.4) is 0 Å². The highest BCUT2D eigenvalue weighted by molar-refractivity contribution is 9.10. The summed E-state index contributed by atoms with van der Waals surface area (Å²) >= 11 is 4.85. The lowest BCUT2D eigenvalue weighted by Crippen LogP contribution is -2.28. The molecule has 0 atom stereocenters. The number of anilines is 1. The number of halogens is 1. The zero-order valence-corrected chi connectivity index (χ0v) is 18.5. The van der Waals surface area contributed by atoms with Crippen molar-refractivity contribution in [3.05, 3.63) is 81.4 Å². The van der Waals surface area contributed by atoms with Crippen molar-refractivity contribution in [2.75, 3.05) is 5.32 Å². The van der Waals surface area contributed by atoms with Crippen LogP contribution in [0, 0.1) is 0 Å².